The van der Waals surface area contributed by atoms with Gasteiger partial charge in [0.15, 0.2) is 5.69 Å². The second kappa shape index (κ2) is 12.1. The van der Waals surface area contributed by atoms with E-state index in [2.05, 4.69) is 25.5 Å². The first kappa shape index (κ1) is 30.2. The molecule has 0 saturated carbocycles. The molecule has 1 aromatic carbocycles. The minimum absolute atomic E-state index is 0.0140. The normalized spacial score (nSPS) is 15.5. The lowest BCUT2D eigenvalue weighted by molar-refractivity contribution is -0.140. The maximum absolute atomic E-state index is 13.6. The van der Waals surface area contributed by atoms with Crippen LogP contribution in [0.3, 0.4) is 0 Å². The first-order valence-corrected chi connectivity index (χ1v) is 14.5. The summed E-state index contributed by atoms with van der Waals surface area (Å²) in [6.45, 7) is 5.43. The maximum atomic E-state index is 13.6. The summed E-state index contributed by atoms with van der Waals surface area (Å²) in [6.07, 6.45) is -0.865. The van der Waals surface area contributed by atoms with Crippen molar-refractivity contribution in [2.75, 3.05) is 38.6 Å². The monoisotopic (exact) mass is 614 g/mol. The van der Waals surface area contributed by atoms with E-state index in [-0.39, 0.29) is 40.0 Å². The van der Waals surface area contributed by atoms with Crippen molar-refractivity contribution in [3.63, 3.8) is 0 Å². The van der Waals surface area contributed by atoms with Gasteiger partial charge in [0, 0.05) is 53.4 Å². The Labute approximate surface area is 248 Å². The molecule has 4 aromatic rings. The van der Waals surface area contributed by atoms with E-state index in [4.69, 9.17) is 4.74 Å². The molecule has 3 aromatic heterocycles. The fourth-order valence-corrected chi connectivity index (χ4v) is 5.95. The molecule has 10 nitrogen and oxygen atoms in total. The van der Waals surface area contributed by atoms with Gasteiger partial charge in [-0.1, -0.05) is 6.07 Å². The number of aromatic nitrogens is 3. The number of ether oxygens (including phenoxy) is 1. The van der Waals surface area contributed by atoms with Gasteiger partial charge < -0.3 is 19.5 Å². The quantitative estimate of drug-likeness (QED) is 0.268. The number of esters is 1. The van der Waals surface area contributed by atoms with Gasteiger partial charge in [-0.2, -0.15) is 13.2 Å². The molecule has 14 heteroatoms. The number of halogens is 3. The van der Waals surface area contributed by atoms with Crippen molar-refractivity contribution in [3.05, 3.63) is 63.5 Å². The third-order valence-corrected chi connectivity index (χ3v) is 7.98. The predicted molar refractivity (Wildman–Crippen MR) is 157 cm³/mol. The molecule has 1 saturated heterocycles. The molecule has 1 fully saturated rings. The van der Waals surface area contributed by atoms with Gasteiger partial charge in [0.2, 0.25) is 5.43 Å². The molecule has 2 amide bonds. The molecule has 2 N–H and O–H groups in total. The molecule has 1 aliphatic rings. The zero-order valence-electron chi connectivity index (χ0n) is 23.6. The largest absolute Gasteiger partial charge is 0.462 e. The minimum atomic E-state index is -4.64. The van der Waals surface area contributed by atoms with Crippen LogP contribution in [0.4, 0.5) is 23.8 Å². The third kappa shape index (κ3) is 6.25. The van der Waals surface area contributed by atoms with E-state index in [1.807, 2.05) is 11.6 Å². The van der Waals surface area contributed by atoms with E-state index in [9.17, 15) is 27.6 Å². The number of nitrogens with zero attached hydrogens (tertiary/aromatic N) is 4. The maximum Gasteiger partial charge on any atom is 0.434 e. The van der Waals surface area contributed by atoms with Crippen molar-refractivity contribution in [2.24, 2.45) is 0 Å². The summed E-state index contributed by atoms with van der Waals surface area (Å²) in [5.74, 6) is -0.628. The highest BCUT2D eigenvalue weighted by atomic mass is 32.1. The molecule has 1 atom stereocenters. The summed E-state index contributed by atoms with van der Waals surface area (Å²) >= 11 is 0.795. The zero-order valence-corrected chi connectivity index (χ0v) is 24.4. The van der Waals surface area contributed by atoms with E-state index in [0.717, 1.165) is 36.2 Å². The first-order valence-electron chi connectivity index (χ1n) is 13.6. The number of anilines is 1. The van der Waals surface area contributed by atoms with Gasteiger partial charge in [0.05, 0.1) is 12.1 Å². The summed E-state index contributed by atoms with van der Waals surface area (Å²) in [6, 6.07) is 6.03. The Bertz CT molecular complexity index is 1750. The topological polar surface area (TPSA) is 118 Å². The Kier molecular flexibility index (Phi) is 8.51. The molecular weight excluding hydrogens is 585 g/mol. The van der Waals surface area contributed by atoms with Crippen LogP contribution in [0.15, 0.2) is 46.8 Å². The van der Waals surface area contributed by atoms with Gasteiger partial charge in [-0.25, -0.2) is 19.6 Å². The number of rotatable bonds is 7. The molecule has 0 aliphatic carbocycles. The number of hydrogen-bond acceptors (Lipinski definition) is 8. The smallest absolute Gasteiger partial charge is 0.434 e. The van der Waals surface area contributed by atoms with Crippen LogP contribution in [0.5, 0.6) is 0 Å². The van der Waals surface area contributed by atoms with E-state index in [1.165, 1.54) is 12.3 Å². The molecule has 0 bridgehead atoms. The molecule has 5 rings (SSSR count). The fourth-order valence-electron chi connectivity index (χ4n) is 5.10. The van der Waals surface area contributed by atoms with Crippen LogP contribution in [0.25, 0.3) is 32.6 Å². The number of amides is 2. The standard InChI is InChI=1S/C29H29F3N6O4S/c1-4-33-28(41)36-24-11-18(26-35-23(15-43-26)29(30,31)32)20(12-34-24)16-6-7-22-19(10-16)25(39)21(27(40)42-5-2)14-38(22)17-8-9-37(3)13-17/h6-7,10-12,14-15,17H,4-5,8-9,13H2,1-3H3,(H2,33,34,36,41). The lowest BCUT2D eigenvalue weighted by Gasteiger charge is -2.20. The molecular formula is C29H29F3N6O4S. The fraction of sp³-hybridized carbons (Fsp3) is 0.345. The van der Waals surface area contributed by atoms with Crippen molar-refractivity contribution in [2.45, 2.75) is 32.5 Å². The molecule has 226 valence electrons. The highest BCUT2D eigenvalue weighted by Crippen LogP contribution is 2.39. The van der Waals surface area contributed by atoms with Crippen LogP contribution in [-0.4, -0.2) is 64.7 Å². The van der Waals surface area contributed by atoms with Crippen LogP contribution in [-0.2, 0) is 10.9 Å². The Morgan fingerprint density at radius 2 is 1.98 bits per heavy atom. The molecule has 1 aliphatic heterocycles. The van der Waals surface area contributed by atoms with Crippen LogP contribution >= 0.6 is 11.3 Å². The Morgan fingerprint density at radius 1 is 1.19 bits per heavy atom. The first-order chi connectivity index (χ1) is 20.5. The van der Waals surface area contributed by atoms with Gasteiger partial charge in [0.25, 0.3) is 0 Å². The van der Waals surface area contributed by atoms with E-state index in [1.54, 1.807) is 38.2 Å². The molecule has 4 heterocycles. The number of hydrogen-bond donors (Lipinski definition) is 2. The minimum Gasteiger partial charge on any atom is -0.462 e. The number of carbonyl (C=O) groups is 2. The molecule has 43 heavy (non-hydrogen) atoms. The number of fused-ring (bicyclic) bond motifs is 1. The van der Waals surface area contributed by atoms with E-state index >= 15 is 0 Å². The number of benzene rings is 1. The van der Waals surface area contributed by atoms with Gasteiger partial charge in [-0.05, 0) is 57.6 Å². The Morgan fingerprint density at radius 3 is 2.63 bits per heavy atom. The highest BCUT2D eigenvalue weighted by Gasteiger charge is 2.34. The number of carbonyl (C=O) groups excluding carboxylic acids is 2. The highest BCUT2D eigenvalue weighted by molar-refractivity contribution is 7.13. The molecule has 0 spiro atoms. The molecule has 0 radical (unpaired) electrons. The van der Waals surface area contributed by atoms with Crippen LogP contribution in [0.2, 0.25) is 0 Å². The number of urea groups is 1. The van der Waals surface area contributed by atoms with Crippen molar-refractivity contribution < 1.29 is 27.5 Å². The second-order valence-electron chi connectivity index (χ2n) is 10.1. The van der Waals surface area contributed by atoms with Crippen molar-refractivity contribution in [1.29, 1.82) is 0 Å². The van der Waals surface area contributed by atoms with E-state index < -0.39 is 29.3 Å². The number of thiazole rings is 1. The average Bonchev–Trinajstić information content (AvgIpc) is 3.63. The summed E-state index contributed by atoms with van der Waals surface area (Å²) in [5, 5.41) is 6.36. The predicted octanol–water partition coefficient (Wildman–Crippen LogP) is 5.40. The summed E-state index contributed by atoms with van der Waals surface area (Å²) in [4.78, 5) is 48.8. The van der Waals surface area contributed by atoms with Crippen molar-refractivity contribution >= 4 is 40.1 Å². The van der Waals surface area contributed by atoms with Crippen LogP contribution in [0, 0.1) is 0 Å². The summed E-state index contributed by atoms with van der Waals surface area (Å²) in [7, 11) is 2.00. The lowest BCUT2D eigenvalue weighted by atomic mass is 9.99. The summed E-state index contributed by atoms with van der Waals surface area (Å²) in [5.41, 5.74) is 0.0818. The van der Waals surface area contributed by atoms with Gasteiger partial charge in [0.1, 0.15) is 16.4 Å². The Hall–Kier alpha value is -4.30. The average molecular weight is 615 g/mol. The SMILES string of the molecule is CCNC(=O)Nc1cc(-c2nc(C(F)(F)F)cs2)c(-c2ccc3c(c2)c(=O)c(C(=O)OCC)cn3C2CCN(C)C2)cn1. The van der Waals surface area contributed by atoms with Crippen molar-refractivity contribution in [3.8, 4) is 21.7 Å². The third-order valence-electron chi connectivity index (χ3n) is 7.11. The number of likely N-dealkylation sites (N-methyl/N-ethyl adjacent to an activating group) is 1. The zero-order chi connectivity index (χ0) is 30.9. The van der Waals surface area contributed by atoms with E-state index in [0.29, 0.717) is 23.2 Å². The van der Waals surface area contributed by atoms with Gasteiger partial charge in [-0.15, -0.1) is 11.3 Å². The Balaban J connectivity index is 1.69. The van der Waals surface area contributed by atoms with Crippen molar-refractivity contribution in [1.82, 2.24) is 24.8 Å². The second-order valence-corrected chi connectivity index (χ2v) is 10.9. The molecule has 1 unspecified atom stereocenters. The summed E-state index contributed by atoms with van der Waals surface area (Å²) < 4.78 is 47.4. The number of nitrogens with one attached hydrogen (secondary N) is 2. The number of pyridine rings is 2. The van der Waals surface area contributed by atoms with Gasteiger partial charge >= 0.3 is 18.2 Å². The lowest BCUT2D eigenvalue weighted by Crippen LogP contribution is -2.28. The van der Waals surface area contributed by atoms with Gasteiger partial charge in [-0.3, -0.25) is 10.1 Å². The van der Waals surface area contributed by atoms with Crippen LogP contribution in [0.1, 0.15) is 42.4 Å². The number of alkyl halides is 3. The van der Waals surface area contributed by atoms with Crippen LogP contribution < -0.4 is 16.1 Å². The number of likely N-dealkylation sites (tertiary alicyclic amines) is 1.